The molecular formula is C26H24N2O8. The maximum atomic E-state index is 13.4. The molecule has 2 fully saturated rings. The van der Waals surface area contributed by atoms with E-state index in [2.05, 4.69) is 0 Å². The van der Waals surface area contributed by atoms with Gasteiger partial charge in [0.15, 0.2) is 6.10 Å². The molecule has 0 bridgehead atoms. The zero-order chi connectivity index (χ0) is 25.6. The number of hydrogen-bond acceptors (Lipinski definition) is 8. The average molecular weight is 492 g/mol. The van der Waals surface area contributed by atoms with Crippen LogP contribution in [0.2, 0.25) is 0 Å². The number of fused-ring (bicyclic) bond motifs is 1. The third-order valence-electron chi connectivity index (χ3n) is 6.58. The number of benzene rings is 2. The van der Waals surface area contributed by atoms with Gasteiger partial charge < -0.3 is 14.2 Å². The molecule has 186 valence electrons. The van der Waals surface area contributed by atoms with Gasteiger partial charge in [-0.1, -0.05) is 56.3 Å². The molecule has 0 aromatic heterocycles. The molecule has 2 aromatic carbocycles. The van der Waals surface area contributed by atoms with E-state index in [4.69, 9.17) is 14.2 Å². The summed E-state index contributed by atoms with van der Waals surface area (Å²) < 4.78 is 16.4. The third-order valence-corrected chi connectivity index (χ3v) is 6.58. The summed E-state index contributed by atoms with van der Waals surface area (Å²) >= 11 is 0. The Morgan fingerprint density at radius 3 is 2.17 bits per heavy atom. The molecule has 10 heteroatoms. The number of carbonyl (C=O) groups excluding carboxylic acids is 5. The van der Waals surface area contributed by atoms with E-state index in [1.165, 1.54) is 12.1 Å². The Morgan fingerprint density at radius 2 is 1.58 bits per heavy atom. The van der Waals surface area contributed by atoms with Crippen LogP contribution in [0, 0.1) is 5.41 Å². The lowest BCUT2D eigenvalue weighted by Crippen LogP contribution is -2.52. The van der Waals surface area contributed by atoms with Crippen LogP contribution in [0.5, 0.6) is 0 Å². The first-order chi connectivity index (χ1) is 17.2. The van der Waals surface area contributed by atoms with Crippen molar-refractivity contribution in [3.63, 3.8) is 0 Å². The van der Waals surface area contributed by atoms with Crippen LogP contribution in [0.4, 0.5) is 4.79 Å². The summed E-state index contributed by atoms with van der Waals surface area (Å²) in [5.41, 5.74) is 0.419. The first-order valence-corrected chi connectivity index (χ1v) is 11.5. The van der Waals surface area contributed by atoms with Gasteiger partial charge in [-0.05, 0) is 17.7 Å². The zero-order valence-electron chi connectivity index (χ0n) is 19.7. The second-order valence-electron chi connectivity index (χ2n) is 9.59. The molecule has 2 aromatic rings. The van der Waals surface area contributed by atoms with Gasteiger partial charge in [0.2, 0.25) is 6.29 Å². The van der Waals surface area contributed by atoms with Crippen LogP contribution in [-0.2, 0) is 23.8 Å². The molecule has 3 aliphatic rings. The van der Waals surface area contributed by atoms with E-state index in [-0.39, 0.29) is 24.2 Å². The van der Waals surface area contributed by atoms with Crippen molar-refractivity contribution >= 4 is 29.8 Å². The van der Waals surface area contributed by atoms with Crippen molar-refractivity contribution < 1.29 is 38.2 Å². The van der Waals surface area contributed by atoms with E-state index in [0.717, 1.165) is 9.80 Å². The number of rotatable bonds is 5. The molecule has 3 atom stereocenters. The summed E-state index contributed by atoms with van der Waals surface area (Å²) in [6.07, 6.45) is -3.00. The van der Waals surface area contributed by atoms with Crippen molar-refractivity contribution in [1.82, 2.24) is 9.80 Å². The van der Waals surface area contributed by atoms with Gasteiger partial charge in [0.1, 0.15) is 6.54 Å². The van der Waals surface area contributed by atoms with E-state index in [1.807, 2.05) is 0 Å². The van der Waals surface area contributed by atoms with Gasteiger partial charge >= 0.3 is 12.1 Å². The van der Waals surface area contributed by atoms with Crippen molar-refractivity contribution in [3.05, 3.63) is 71.3 Å². The fraction of sp³-hybridized carbons (Fsp3) is 0.346. The number of carbonyl (C=O) groups is 5. The number of nitrogens with zero attached hydrogens (tertiary/aromatic N) is 2. The van der Waals surface area contributed by atoms with Gasteiger partial charge in [-0.3, -0.25) is 19.3 Å². The number of esters is 1. The quantitative estimate of drug-likeness (QED) is 0.462. The lowest BCUT2D eigenvalue weighted by Gasteiger charge is -2.39. The molecule has 0 aliphatic carbocycles. The predicted octanol–water partition coefficient (Wildman–Crippen LogP) is 2.69. The smallest absolute Gasteiger partial charge is 0.419 e. The number of cyclic esters (lactones) is 2. The number of amides is 4. The Hall–Kier alpha value is -4.05. The lowest BCUT2D eigenvalue weighted by atomic mass is 9.89. The van der Waals surface area contributed by atoms with Crippen molar-refractivity contribution in [2.24, 2.45) is 5.41 Å². The van der Waals surface area contributed by atoms with Crippen LogP contribution >= 0.6 is 0 Å². The molecule has 3 heterocycles. The maximum absolute atomic E-state index is 13.4. The second kappa shape index (κ2) is 8.87. The highest BCUT2D eigenvalue weighted by molar-refractivity contribution is 6.22. The second-order valence-corrected chi connectivity index (χ2v) is 9.59. The molecule has 36 heavy (non-hydrogen) atoms. The first kappa shape index (κ1) is 23.7. The Morgan fingerprint density at radius 1 is 0.972 bits per heavy atom. The molecule has 0 saturated carbocycles. The van der Waals surface area contributed by atoms with Crippen molar-refractivity contribution in [3.8, 4) is 0 Å². The van der Waals surface area contributed by atoms with Crippen molar-refractivity contribution in [2.45, 2.75) is 38.7 Å². The van der Waals surface area contributed by atoms with Crippen LogP contribution in [0.15, 0.2) is 54.6 Å². The van der Waals surface area contributed by atoms with Gasteiger partial charge in [-0.25, -0.2) is 14.5 Å². The monoisotopic (exact) mass is 492 g/mol. The molecule has 0 spiro atoms. The largest absolute Gasteiger partial charge is 0.463 e. The van der Waals surface area contributed by atoms with Gasteiger partial charge in [0.05, 0.1) is 23.8 Å². The fourth-order valence-electron chi connectivity index (χ4n) is 4.66. The molecular weight excluding hydrogens is 468 g/mol. The number of hydrogen-bond donors (Lipinski definition) is 0. The minimum absolute atomic E-state index is 0.0451. The first-order valence-electron chi connectivity index (χ1n) is 11.5. The standard InChI is InChI=1S/C26H24N2O8/c1-26(2)14-34-24(32)21(26)35-20-12-18(15-8-4-3-5-9-15)28(25(33)36-20)19(29)13-27-22(30)16-10-6-7-11-17(16)23(27)31/h3-11,18,20-21H,12-14H2,1-2H3/t18-,20-,21+/m1/s1. The van der Waals surface area contributed by atoms with Gasteiger partial charge in [-0.15, -0.1) is 0 Å². The van der Waals surface area contributed by atoms with E-state index in [1.54, 1.807) is 56.3 Å². The molecule has 0 radical (unpaired) electrons. The van der Waals surface area contributed by atoms with E-state index in [0.29, 0.717) is 5.56 Å². The molecule has 5 rings (SSSR count). The highest BCUT2D eigenvalue weighted by atomic mass is 16.7. The molecule has 10 nitrogen and oxygen atoms in total. The van der Waals surface area contributed by atoms with E-state index >= 15 is 0 Å². The summed E-state index contributed by atoms with van der Waals surface area (Å²) in [6.45, 7) is 3.15. The van der Waals surface area contributed by atoms with Crippen LogP contribution in [0.3, 0.4) is 0 Å². The minimum Gasteiger partial charge on any atom is -0.463 e. The third kappa shape index (κ3) is 4.03. The predicted molar refractivity (Wildman–Crippen MR) is 122 cm³/mol. The van der Waals surface area contributed by atoms with Gasteiger partial charge in [-0.2, -0.15) is 0 Å². The number of ether oxygens (including phenoxy) is 3. The molecule has 4 amide bonds. The lowest BCUT2D eigenvalue weighted by molar-refractivity contribution is -0.195. The highest BCUT2D eigenvalue weighted by Gasteiger charge is 2.49. The van der Waals surface area contributed by atoms with Crippen molar-refractivity contribution in [2.75, 3.05) is 13.2 Å². The van der Waals surface area contributed by atoms with Crippen LogP contribution in [-0.4, -0.2) is 65.1 Å². The maximum Gasteiger partial charge on any atom is 0.419 e. The van der Waals surface area contributed by atoms with Crippen LogP contribution in [0.1, 0.15) is 52.6 Å². The summed E-state index contributed by atoms with van der Waals surface area (Å²) in [7, 11) is 0. The Bertz CT molecular complexity index is 1220. The Labute approximate surface area is 206 Å². The summed E-state index contributed by atoms with van der Waals surface area (Å²) in [5.74, 6) is -2.53. The molecule has 2 saturated heterocycles. The molecule has 3 aliphatic heterocycles. The van der Waals surface area contributed by atoms with Crippen LogP contribution < -0.4 is 0 Å². The van der Waals surface area contributed by atoms with Gasteiger partial charge in [0.25, 0.3) is 17.7 Å². The Balaban J connectivity index is 1.38. The SMILES string of the molecule is CC1(C)COC(=O)[C@@H]1O[C@H]1C[C@H](c2ccccc2)N(C(=O)CN2C(=O)c3ccccc3C2=O)C(=O)O1. The van der Waals surface area contributed by atoms with Gasteiger partial charge in [0, 0.05) is 11.8 Å². The molecule has 0 unspecified atom stereocenters. The van der Waals surface area contributed by atoms with E-state index in [9.17, 15) is 24.0 Å². The average Bonchev–Trinajstić information content (AvgIpc) is 3.26. The highest BCUT2D eigenvalue weighted by Crippen LogP contribution is 2.37. The molecule has 0 N–H and O–H groups in total. The minimum atomic E-state index is -1.11. The van der Waals surface area contributed by atoms with Crippen molar-refractivity contribution in [1.29, 1.82) is 0 Å². The summed E-state index contributed by atoms with van der Waals surface area (Å²) in [6, 6.07) is 14.3. The number of imide groups is 2. The van der Waals surface area contributed by atoms with E-state index < -0.39 is 60.2 Å². The topological polar surface area (TPSA) is 120 Å². The normalized spacial score (nSPS) is 25.0. The van der Waals surface area contributed by atoms with Crippen LogP contribution in [0.25, 0.3) is 0 Å². The zero-order valence-corrected chi connectivity index (χ0v) is 19.7. The summed E-state index contributed by atoms with van der Waals surface area (Å²) in [5, 5.41) is 0. The fourth-order valence-corrected chi connectivity index (χ4v) is 4.66. The Kier molecular flexibility index (Phi) is 5.83. The summed E-state index contributed by atoms with van der Waals surface area (Å²) in [4.78, 5) is 65.9.